The second-order valence-electron chi connectivity index (χ2n) is 9.23. The summed E-state index contributed by atoms with van der Waals surface area (Å²) in [6, 6.07) is 11.6. The zero-order chi connectivity index (χ0) is 24.4. The largest absolute Gasteiger partial charge is 0.493 e. The molecule has 7 heteroatoms. The first-order valence-corrected chi connectivity index (χ1v) is 12.3. The van der Waals surface area contributed by atoms with E-state index in [1.165, 1.54) is 0 Å². The minimum atomic E-state index is -0.335. The summed E-state index contributed by atoms with van der Waals surface area (Å²) in [5.74, 6) is 2.09. The monoisotopic (exact) mass is 527 g/mol. The van der Waals surface area contributed by atoms with Gasteiger partial charge in [0.05, 0.1) is 20.8 Å². The highest BCUT2D eigenvalue weighted by molar-refractivity contribution is 9.10. The molecule has 1 amide bonds. The Bertz CT molecular complexity index is 1120. The molecule has 1 aliphatic carbocycles. The Morgan fingerprint density at radius 1 is 1.00 bits per heavy atom. The number of carbonyl (C=O) groups excluding carboxylic acids is 2. The third kappa shape index (κ3) is 4.99. The predicted molar refractivity (Wildman–Crippen MR) is 134 cm³/mol. The van der Waals surface area contributed by atoms with Crippen LogP contribution in [0.1, 0.15) is 56.1 Å². The Hall–Kier alpha value is -2.80. The average molecular weight is 528 g/mol. The van der Waals surface area contributed by atoms with Gasteiger partial charge in [0.1, 0.15) is 5.75 Å². The lowest BCUT2D eigenvalue weighted by atomic mass is 9.73. The smallest absolute Gasteiger partial charge is 0.225 e. The molecule has 1 heterocycles. The van der Waals surface area contributed by atoms with Crippen LogP contribution in [0.3, 0.4) is 0 Å². The van der Waals surface area contributed by atoms with Crippen molar-refractivity contribution in [1.82, 2.24) is 5.32 Å². The second kappa shape index (κ2) is 10.2. The molecule has 6 nitrogen and oxygen atoms in total. The van der Waals surface area contributed by atoms with E-state index in [4.69, 9.17) is 14.2 Å². The van der Waals surface area contributed by atoms with Crippen LogP contribution in [0.25, 0.3) is 0 Å². The van der Waals surface area contributed by atoms with Crippen molar-refractivity contribution >= 4 is 27.6 Å². The molecule has 1 N–H and O–H groups in total. The molecule has 0 aromatic heterocycles. The van der Waals surface area contributed by atoms with Gasteiger partial charge in [-0.25, -0.2) is 0 Å². The maximum atomic E-state index is 13.4. The van der Waals surface area contributed by atoms with Crippen molar-refractivity contribution in [2.45, 2.75) is 44.9 Å². The van der Waals surface area contributed by atoms with E-state index in [0.29, 0.717) is 42.4 Å². The summed E-state index contributed by atoms with van der Waals surface area (Å²) in [7, 11) is 3.15. The summed E-state index contributed by atoms with van der Waals surface area (Å²) < 4.78 is 17.4. The summed E-state index contributed by atoms with van der Waals surface area (Å²) in [5.41, 5.74) is 3.34. The van der Waals surface area contributed by atoms with E-state index in [1.54, 1.807) is 14.2 Å². The molecule has 0 radical (unpaired) electrons. The number of hydrogen-bond acceptors (Lipinski definition) is 5. The highest BCUT2D eigenvalue weighted by Crippen LogP contribution is 2.46. The fourth-order valence-electron chi connectivity index (χ4n) is 4.70. The molecule has 2 aliphatic rings. The average Bonchev–Trinajstić information content (AvgIpc) is 2.82. The molecule has 0 bridgehead atoms. The maximum absolute atomic E-state index is 13.4. The van der Waals surface area contributed by atoms with Crippen LogP contribution in [0.15, 0.2) is 52.1 Å². The minimum Gasteiger partial charge on any atom is -0.493 e. The summed E-state index contributed by atoms with van der Waals surface area (Å²) in [6.07, 6.45) is 1.23. The van der Waals surface area contributed by atoms with Gasteiger partial charge < -0.3 is 19.5 Å². The lowest BCUT2D eigenvalue weighted by Crippen LogP contribution is -2.38. The predicted octanol–water partition coefficient (Wildman–Crippen LogP) is 5.51. The van der Waals surface area contributed by atoms with Crippen molar-refractivity contribution in [1.29, 1.82) is 0 Å². The Morgan fingerprint density at radius 3 is 2.32 bits per heavy atom. The lowest BCUT2D eigenvalue weighted by Gasteiger charge is -2.35. The lowest BCUT2D eigenvalue weighted by molar-refractivity contribution is -0.122. The van der Waals surface area contributed by atoms with Crippen LogP contribution < -0.4 is 19.5 Å². The summed E-state index contributed by atoms with van der Waals surface area (Å²) >= 11 is 3.61. The molecule has 0 saturated heterocycles. The number of nitrogens with one attached hydrogen (secondary N) is 1. The highest BCUT2D eigenvalue weighted by Gasteiger charge is 2.39. The van der Waals surface area contributed by atoms with Gasteiger partial charge in [0.25, 0.3) is 0 Å². The molecular formula is C27H30BrNO5. The first-order chi connectivity index (χ1) is 16.3. The van der Waals surface area contributed by atoms with Crippen LogP contribution in [0.5, 0.6) is 17.2 Å². The number of benzene rings is 2. The normalized spacial score (nSPS) is 20.2. The van der Waals surface area contributed by atoms with Crippen LogP contribution in [0.4, 0.5) is 0 Å². The summed E-state index contributed by atoms with van der Waals surface area (Å²) in [4.78, 5) is 26.1. The third-order valence-corrected chi connectivity index (χ3v) is 7.04. The minimum absolute atomic E-state index is 0.0123. The van der Waals surface area contributed by atoms with Gasteiger partial charge in [-0.3, -0.25) is 9.59 Å². The first kappa shape index (κ1) is 24.3. The zero-order valence-electron chi connectivity index (χ0n) is 19.9. The number of ether oxygens (including phenoxy) is 3. The van der Waals surface area contributed by atoms with Gasteiger partial charge in [0, 0.05) is 34.5 Å². The van der Waals surface area contributed by atoms with E-state index < -0.39 is 0 Å². The van der Waals surface area contributed by atoms with Crippen LogP contribution in [0.2, 0.25) is 0 Å². The van der Waals surface area contributed by atoms with E-state index in [0.717, 1.165) is 27.0 Å². The number of amides is 1. The number of methoxy groups -OCH3 is 2. The van der Waals surface area contributed by atoms with Gasteiger partial charge in [0.15, 0.2) is 17.3 Å². The standard InChI is InChI=1S/C27H30BrNO5/c1-15(2)14-34-18-7-5-16(6-8-18)17-9-22-27(23(30)10-17)20(12-26(31)29-22)19-11-24(32-3)25(33-4)13-21(19)28/h5-8,11,13,15,17,20H,9-10,12,14H2,1-4H3,(H,29,31). The van der Waals surface area contributed by atoms with Crippen molar-refractivity contribution in [3.63, 3.8) is 0 Å². The quantitative estimate of drug-likeness (QED) is 0.514. The Kier molecular flexibility index (Phi) is 7.31. The van der Waals surface area contributed by atoms with E-state index in [9.17, 15) is 9.59 Å². The molecular weight excluding hydrogens is 498 g/mol. The second-order valence-corrected chi connectivity index (χ2v) is 10.1. The van der Waals surface area contributed by atoms with Gasteiger partial charge in [-0.1, -0.05) is 41.9 Å². The van der Waals surface area contributed by atoms with Crippen LogP contribution in [0, 0.1) is 5.92 Å². The summed E-state index contributed by atoms with van der Waals surface area (Å²) in [6.45, 7) is 4.88. The molecule has 180 valence electrons. The molecule has 2 aromatic rings. The van der Waals surface area contributed by atoms with Crippen molar-refractivity contribution in [2.24, 2.45) is 5.92 Å². The molecule has 0 saturated carbocycles. The highest BCUT2D eigenvalue weighted by atomic mass is 79.9. The molecule has 1 aliphatic heterocycles. The van der Waals surface area contributed by atoms with Gasteiger partial charge in [0.2, 0.25) is 5.91 Å². The molecule has 2 atom stereocenters. The number of allylic oxidation sites excluding steroid dienone is 2. The molecule has 2 unspecified atom stereocenters. The fourth-order valence-corrected chi connectivity index (χ4v) is 5.30. The molecule has 0 fully saturated rings. The Morgan fingerprint density at radius 2 is 1.68 bits per heavy atom. The summed E-state index contributed by atoms with van der Waals surface area (Å²) in [5, 5.41) is 2.99. The maximum Gasteiger partial charge on any atom is 0.225 e. The van der Waals surface area contributed by atoms with E-state index in [2.05, 4.69) is 35.1 Å². The van der Waals surface area contributed by atoms with Crippen LogP contribution in [-0.2, 0) is 9.59 Å². The van der Waals surface area contributed by atoms with Crippen molar-refractivity contribution in [3.8, 4) is 17.2 Å². The van der Waals surface area contributed by atoms with Gasteiger partial charge in [-0.05, 0) is 53.6 Å². The van der Waals surface area contributed by atoms with Gasteiger partial charge >= 0.3 is 0 Å². The van der Waals surface area contributed by atoms with E-state index in [1.807, 2.05) is 36.4 Å². The molecule has 34 heavy (non-hydrogen) atoms. The van der Waals surface area contributed by atoms with Gasteiger partial charge in [-0.15, -0.1) is 0 Å². The topological polar surface area (TPSA) is 73.9 Å². The van der Waals surface area contributed by atoms with E-state index >= 15 is 0 Å². The fraction of sp³-hybridized carbons (Fsp3) is 0.407. The van der Waals surface area contributed by atoms with Gasteiger partial charge in [-0.2, -0.15) is 0 Å². The third-order valence-electron chi connectivity index (χ3n) is 6.35. The Balaban J connectivity index is 1.63. The van der Waals surface area contributed by atoms with Crippen molar-refractivity contribution in [3.05, 3.63) is 63.3 Å². The van der Waals surface area contributed by atoms with Crippen LogP contribution in [-0.4, -0.2) is 32.5 Å². The Labute approximate surface area is 208 Å². The SMILES string of the molecule is COc1cc(Br)c(C2CC(=O)NC3=C2C(=O)CC(c2ccc(OCC(C)C)cc2)C3)cc1OC. The number of rotatable bonds is 7. The number of halogens is 1. The molecule has 0 spiro atoms. The van der Waals surface area contributed by atoms with Crippen molar-refractivity contribution in [2.75, 3.05) is 20.8 Å². The van der Waals surface area contributed by atoms with E-state index in [-0.39, 0.29) is 29.9 Å². The number of hydrogen-bond donors (Lipinski definition) is 1. The molecule has 2 aromatic carbocycles. The number of ketones is 1. The number of Topliss-reactive ketones (excluding diaryl/α,β-unsaturated/α-hetero) is 1. The first-order valence-electron chi connectivity index (χ1n) is 11.5. The number of carbonyl (C=O) groups is 2. The van der Waals surface area contributed by atoms with Crippen molar-refractivity contribution < 1.29 is 23.8 Å². The molecule has 4 rings (SSSR count). The zero-order valence-corrected chi connectivity index (χ0v) is 21.5. The van der Waals surface area contributed by atoms with Crippen LogP contribution >= 0.6 is 15.9 Å².